The normalized spacial score (nSPS) is 22.2. The molecule has 0 fully saturated rings. The number of carbonyl (C=O) groups excluding carboxylic acids is 2. The summed E-state index contributed by atoms with van der Waals surface area (Å²) in [6.45, 7) is 0.0310. The zero-order valence-corrected chi connectivity index (χ0v) is 13.5. The van der Waals surface area contributed by atoms with E-state index in [1.165, 1.54) is 12.2 Å². The summed E-state index contributed by atoms with van der Waals surface area (Å²) in [7, 11) is 0. The third kappa shape index (κ3) is 4.37. The molecule has 0 amide bonds. The highest BCUT2D eigenvalue weighted by molar-refractivity contribution is 6.33. The van der Waals surface area contributed by atoms with Crippen LogP contribution in [0.15, 0.2) is 30.4 Å². The average Bonchev–Trinajstić information content (AvgIpc) is 2.51. The molecule has 128 valence electrons. The first-order valence-corrected chi connectivity index (χ1v) is 7.72. The Balaban J connectivity index is 2.44. The van der Waals surface area contributed by atoms with E-state index in [1.807, 2.05) is 0 Å². The van der Waals surface area contributed by atoms with Crippen LogP contribution in [0, 0.1) is 0 Å². The predicted molar refractivity (Wildman–Crippen MR) is 87.3 cm³/mol. The second kappa shape index (κ2) is 7.99. The van der Waals surface area contributed by atoms with Crippen LogP contribution in [0.3, 0.4) is 0 Å². The smallest absolute Gasteiger partial charge is 0.342 e. The molecule has 3 N–H and O–H groups in total. The topological polar surface area (TPSA) is 104 Å². The van der Waals surface area contributed by atoms with E-state index in [0.29, 0.717) is 6.42 Å². The molecule has 0 spiro atoms. The number of aromatic hydroxyl groups is 2. The molecule has 1 heterocycles. The molecular formula is C17H17ClO6. The van der Waals surface area contributed by atoms with E-state index < -0.39 is 29.4 Å². The molecule has 24 heavy (non-hydrogen) atoms. The molecule has 7 heteroatoms. The van der Waals surface area contributed by atoms with Crippen LogP contribution in [0.4, 0.5) is 0 Å². The summed E-state index contributed by atoms with van der Waals surface area (Å²) in [5.74, 6) is -2.18. The van der Waals surface area contributed by atoms with Crippen molar-refractivity contribution < 1.29 is 29.6 Å². The highest BCUT2D eigenvalue weighted by Crippen LogP contribution is 2.37. The molecule has 0 aliphatic carbocycles. The highest BCUT2D eigenvalue weighted by atomic mass is 35.5. The summed E-state index contributed by atoms with van der Waals surface area (Å²) in [6.07, 6.45) is 5.58. The van der Waals surface area contributed by atoms with Crippen molar-refractivity contribution in [2.45, 2.75) is 25.4 Å². The molecule has 0 bridgehead atoms. The Labute approximate surface area is 143 Å². The molecule has 0 saturated heterocycles. The monoisotopic (exact) mass is 352 g/mol. The number of hydrogen-bond acceptors (Lipinski definition) is 6. The summed E-state index contributed by atoms with van der Waals surface area (Å²) < 4.78 is 5.06. The molecule has 1 aliphatic rings. The zero-order chi connectivity index (χ0) is 17.7. The van der Waals surface area contributed by atoms with Crippen LogP contribution in [0.25, 0.3) is 0 Å². The minimum Gasteiger partial charge on any atom is -0.507 e. The molecule has 1 aromatic carbocycles. The molecule has 1 atom stereocenters. The lowest BCUT2D eigenvalue weighted by molar-refractivity contribution is -0.114. The number of cyclic esters (lactones) is 1. The number of phenols is 2. The van der Waals surface area contributed by atoms with Gasteiger partial charge in [0.2, 0.25) is 0 Å². The SMILES string of the molecule is O=C1/C=C/CC(O)/C=C/CCOC(=O)c2c(O)cc(O)c(Cl)c2C1. The minimum atomic E-state index is -0.841. The number of rotatable bonds is 0. The van der Waals surface area contributed by atoms with Crippen molar-refractivity contribution in [3.63, 3.8) is 0 Å². The Bertz CT molecular complexity index is 708. The number of halogens is 1. The predicted octanol–water partition coefficient (Wildman–Crippen LogP) is 2.29. The van der Waals surface area contributed by atoms with E-state index >= 15 is 0 Å². The van der Waals surface area contributed by atoms with Gasteiger partial charge in [0.15, 0.2) is 5.78 Å². The van der Waals surface area contributed by atoms with Crippen molar-refractivity contribution in [3.05, 3.63) is 46.5 Å². The lowest BCUT2D eigenvalue weighted by Crippen LogP contribution is -2.13. The fourth-order valence-electron chi connectivity index (χ4n) is 2.27. The van der Waals surface area contributed by atoms with E-state index in [-0.39, 0.29) is 35.6 Å². The summed E-state index contributed by atoms with van der Waals surface area (Å²) in [5, 5.41) is 29.2. The number of esters is 1. The van der Waals surface area contributed by atoms with E-state index in [0.717, 1.165) is 6.07 Å². The number of benzene rings is 1. The number of hydrogen-bond donors (Lipinski definition) is 3. The molecule has 1 aliphatic heterocycles. The van der Waals surface area contributed by atoms with E-state index in [9.17, 15) is 24.9 Å². The van der Waals surface area contributed by atoms with Gasteiger partial charge in [-0.15, -0.1) is 0 Å². The van der Waals surface area contributed by atoms with Crippen molar-refractivity contribution in [3.8, 4) is 11.5 Å². The average molecular weight is 353 g/mol. The maximum Gasteiger partial charge on any atom is 0.342 e. The Kier molecular flexibility index (Phi) is 6.00. The number of allylic oxidation sites excluding steroid dienone is 1. The molecule has 2 rings (SSSR count). The number of fused-ring (bicyclic) bond motifs is 1. The molecule has 1 unspecified atom stereocenters. The summed E-state index contributed by atoms with van der Waals surface area (Å²) in [6, 6.07) is 0.933. The Morgan fingerprint density at radius 3 is 2.67 bits per heavy atom. The lowest BCUT2D eigenvalue weighted by atomic mass is 10.00. The van der Waals surface area contributed by atoms with Crippen LogP contribution in [-0.4, -0.2) is 39.8 Å². The lowest BCUT2D eigenvalue weighted by Gasteiger charge is -2.13. The van der Waals surface area contributed by atoms with Gasteiger partial charge in [0.1, 0.15) is 17.1 Å². The standard InChI is InChI=1S/C17H17ClO6/c18-16-12-8-11(20)6-3-5-10(19)4-1-2-7-24-17(23)15(12)13(21)9-14(16)22/h1,3-4,6,9-10,19,21-22H,2,5,7-8H2/b4-1+,6-3+. The Morgan fingerprint density at radius 2 is 1.92 bits per heavy atom. The summed E-state index contributed by atoms with van der Waals surface area (Å²) in [4.78, 5) is 24.2. The fourth-order valence-corrected chi connectivity index (χ4v) is 2.49. The molecule has 1 aromatic rings. The molecule has 0 aromatic heterocycles. The van der Waals surface area contributed by atoms with Gasteiger partial charge in [-0.25, -0.2) is 4.79 Å². The van der Waals surface area contributed by atoms with Crippen LogP contribution < -0.4 is 0 Å². The van der Waals surface area contributed by atoms with E-state index in [2.05, 4.69) is 0 Å². The third-order valence-electron chi connectivity index (χ3n) is 3.43. The molecular weight excluding hydrogens is 336 g/mol. The summed E-state index contributed by atoms with van der Waals surface area (Å²) >= 11 is 5.99. The zero-order valence-electron chi connectivity index (χ0n) is 12.7. The minimum absolute atomic E-state index is 0.00182. The first kappa shape index (κ1) is 18.0. The van der Waals surface area contributed by atoms with Gasteiger partial charge in [-0.05, 0) is 18.9 Å². The van der Waals surface area contributed by atoms with Crippen molar-refractivity contribution in [1.82, 2.24) is 0 Å². The first-order valence-electron chi connectivity index (χ1n) is 7.34. The van der Waals surface area contributed by atoms with Crippen LogP contribution in [-0.2, 0) is 16.0 Å². The first-order chi connectivity index (χ1) is 11.4. The maximum absolute atomic E-state index is 12.2. The van der Waals surface area contributed by atoms with Crippen molar-refractivity contribution >= 4 is 23.4 Å². The number of ketones is 1. The third-order valence-corrected chi connectivity index (χ3v) is 3.86. The number of phenolic OH excluding ortho intramolecular Hbond substituents is 2. The number of aliphatic hydroxyl groups is 1. The van der Waals surface area contributed by atoms with Crippen LogP contribution in [0.2, 0.25) is 5.02 Å². The van der Waals surface area contributed by atoms with Gasteiger partial charge in [-0.2, -0.15) is 0 Å². The number of carbonyl (C=O) groups is 2. The quantitative estimate of drug-likeness (QED) is 0.489. The maximum atomic E-state index is 12.2. The molecule has 6 nitrogen and oxygen atoms in total. The largest absolute Gasteiger partial charge is 0.507 e. The van der Waals surface area contributed by atoms with Gasteiger partial charge in [0, 0.05) is 18.1 Å². The van der Waals surface area contributed by atoms with E-state index in [1.54, 1.807) is 12.2 Å². The van der Waals surface area contributed by atoms with Crippen LogP contribution in [0.5, 0.6) is 11.5 Å². The second-order valence-electron chi connectivity index (χ2n) is 5.28. The van der Waals surface area contributed by atoms with Gasteiger partial charge in [-0.1, -0.05) is 29.8 Å². The van der Waals surface area contributed by atoms with Crippen LogP contribution >= 0.6 is 11.6 Å². The second-order valence-corrected chi connectivity index (χ2v) is 5.66. The highest BCUT2D eigenvalue weighted by Gasteiger charge is 2.24. The number of aliphatic hydroxyl groups excluding tert-OH is 1. The Hall–Kier alpha value is -2.31. The van der Waals surface area contributed by atoms with Gasteiger partial charge in [0.05, 0.1) is 17.7 Å². The Morgan fingerprint density at radius 1 is 1.17 bits per heavy atom. The van der Waals surface area contributed by atoms with Gasteiger partial charge < -0.3 is 20.1 Å². The number of ether oxygens (including phenoxy) is 1. The summed E-state index contributed by atoms with van der Waals surface area (Å²) in [5.41, 5.74) is -0.234. The van der Waals surface area contributed by atoms with Gasteiger partial charge in [0.25, 0.3) is 0 Å². The fraction of sp³-hybridized carbons (Fsp3) is 0.294. The van der Waals surface area contributed by atoms with Gasteiger partial charge in [-0.3, -0.25) is 4.79 Å². The molecule has 0 saturated carbocycles. The van der Waals surface area contributed by atoms with Crippen molar-refractivity contribution in [1.29, 1.82) is 0 Å². The van der Waals surface area contributed by atoms with Crippen LogP contribution in [0.1, 0.15) is 28.8 Å². The van der Waals surface area contributed by atoms with Crippen molar-refractivity contribution in [2.75, 3.05) is 6.61 Å². The van der Waals surface area contributed by atoms with Crippen molar-refractivity contribution in [2.24, 2.45) is 0 Å². The van der Waals surface area contributed by atoms with E-state index in [4.69, 9.17) is 16.3 Å². The van der Waals surface area contributed by atoms with Gasteiger partial charge >= 0.3 is 5.97 Å². The molecule has 0 radical (unpaired) electrons.